The van der Waals surface area contributed by atoms with Gasteiger partial charge in [0.15, 0.2) is 0 Å². The molecular weight excluding hydrogens is 164 g/mol. The van der Waals surface area contributed by atoms with E-state index in [0.717, 1.165) is 11.1 Å². The van der Waals surface area contributed by atoms with Gasteiger partial charge in [0.05, 0.1) is 5.56 Å². The van der Waals surface area contributed by atoms with Gasteiger partial charge in [-0.1, -0.05) is 24.3 Å². The third-order valence-electron chi connectivity index (χ3n) is 2.02. The van der Waals surface area contributed by atoms with Crippen LogP contribution in [0.4, 0.5) is 0 Å². The van der Waals surface area contributed by atoms with Crippen molar-refractivity contribution in [1.29, 1.82) is 0 Å². The number of rotatable bonds is 2. The van der Waals surface area contributed by atoms with Gasteiger partial charge in [-0.3, -0.25) is 0 Å². The zero-order chi connectivity index (χ0) is 9.84. The van der Waals surface area contributed by atoms with E-state index in [0.29, 0.717) is 5.56 Å². The molecule has 13 heavy (non-hydrogen) atoms. The summed E-state index contributed by atoms with van der Waals surface area (Å²) in [5.41, 5.74) is 2.13. The number of allylic oxidation sites excluding steroid dienone is 2. The maximum Gasteiger partial charge on any atom is 0.336 e. The van der Waals surface area contributed by atoms with Crippen LogP contribution in [0.2, 0.25) is 0 Å². The van der Waals surface area contributed by atoms with Crippen LogP contribution in [0.25, 0.3) is 5.57 Å². The quantitative estimate of drug-likeness (QED) is 0.752. The normalized spacial score (nSPS) is 11.4. The summed E-state index contributed by atoms with van der Waals surface area (Å²) in [7, 11) is 0. The van der Waals surface area contributed by atoms with Crippen molar-refractivity contribution in [1.82, 2.24) is 0 Å². The molecule has 1 rings (SSSR count). The van der Waals surface area contributed by atoms with Crippen LogP contribution in [0.15, 0.2) is 30.3 Å². The first kappa shape index (κ1) is 9.52. The summed E-state index contributed by atoms with van der Waals surface area (Å²) in [5.74, 6) is -0.878. The van der Waals surface area contributed by atoms with Crippen molar-refractivity contribution in [3.63, 3.8) is 0 Å². The predicted octanol–water partition coefficient (Wildman–Crippen LogP) is 2.81. The van der Waals surface area contributed by atoms with Gasteiger partial charge >= 0.3 is 5.97 Å². The summed E-state index contributed by atoms with van der Waals surface area (Å²) >= 11 is 0. The fraction of sp³-hybridized carbons (Fsp3) is 0.182. The molecule has 0 bridgehead atoms. The Morgan fingerprint density at radius 3 is 2.31 bits per heavy atom. The molecule has 0 radical (unpaired) electrons. The van der Waals surface area contributed by atoms with E-state index < -0.39 is 5.97 Å². The molecule has 0 heterocycles. The molecular formula is C11H12O2. The van der Waals surface area contributed by atoms with E-state index >= 15 is 0 Å². The molecule has 0 saturated heterocycles. The summed E-state index contributed by atoms with van der Waals surface area (Å²) in [4.78, 5) is 10.8. The Kier molecular flexibility index (Phi) is 2.85. The van der Waals surface area contributed by atoms with Crippen LogP contribution >= 0.6 is 0 Å². The fourth-order valence-electron chi connectivity index (χ4n) is 1.17. The Morgan fingerprint density at radius 1 is 1.31 bits per heavy atom. The Balaban J connectivity index is 3.28. The first-order chi connectivity index (χ1) is 6.16. The number of carbonyl (C=O) groups is 1. The van der Waals surface area contributed by atoms with E-state index in [4.69, 9.17) is 5.11 Å². The minimum absolute atomic E-state index is 0.359. The van der Waals surface area contributed by atoms with E-state index in [2.05, 4.69) is 0 Å². The highest BCUT2D eigenvalue weighted by Crippen LogP contribution is 2.18. The molecule has 0 amide bonds. The van der Waals surface area contributed by atoms with Crippen molar-refractivity contribution in [2.45, 2.75) is 13.8 Å². The molecule has 0 fully saturated rings. The molecule has 68 valence electrons. The molecule has 0 aliphatic rings. The summed E-state index contributed by atoms with van der Waals surface area (Å²) in [6, 6.07) is 7.01. The predicted molar refractivity (Wildman–Crippen MR) is 52.7 cm³/mol. The minimum Gasteiger partial charge on any atom is -0.478 e. The molecule has 0 saturated carbocycles. The maximum atomic E-state index is 10.8. The molecule has 0 aliphatic carbocycles. The lowest BCUT2D eigenvalue weighted by Gasteiger charge is -2.04. The van der Waals surface area contributed by atoms with E-state index in [9.17, 15) is 4.79 Å². The van der Waals surface area contributed by atoms with Crippen LogP contribution in [0.3, 0.4) is 0 Å². The number of carboxylic acids is 1. The van der Waals surface area contributed by atoms with Gasteiger partial charge < -0.3 is 5.11 Å². The molecule has 0 unspecified atom stereocenters. The summed E-state index contributed by atoms with van der Waals surface area (Å²) in [6.07, 6.45) is 1.90. The second-order valence-corrected chi connectivity index (χ2v) is 2.82. The molecule has 0 aromatic heterocycles. The van der Waals surface area contributed by atoms with E-state index in [1.54, 1.807) is 12.1 Å². The average molecular weight is 176 g/mol. The fourth-order valence-corrected chi connectivity index (χ4v) is 1.17. The lowest BCUT2D eigenvalue weighted by atomic mass is 10.0. The van der Waals surface area contributed by atoms with Gasteiger partial charge in [-0.05, 0) is 31.1 Å². The maximum absolute atomic E-state index is 10.8. The van der Waals surface area contributed by atoms with Gasteiger partial charge in [-0.15, -0.1) is 0 Å². The van der Waals surface area contributed by atoms with Gasteiger partial charge in [0.2, 0.25) is 0 Å². The summed E-state index contributed by atoms with van der Waals surface area (Å²) in [6.45, 7) is 3.80. The van der Waals surface area contributed by atoms with E-state index in [1.165, 1.54) is 0 Å². The smallest absolute Gasteiger partial charge is 0.336 e. The van der Waals surface area contributed by atoms with Crippen molar-refractivity contribution in [2.75, 3.05) is 0 Å². The highest BCUT2D eigenvalue weighted by molar-refractivity contribution is 5.93. The zero-order valence-electron chi connectivity index (χ0n) is 7.74. The van der Waals surface area contributed by atoms with E-state index in [1.807, 2.05) is 32.1 Å². The van der Waals surface area contributed by atoms with Crippen LogP contribution in [-0.2, 0) is 0 Å². The van der Waals surface area contributed by atoms with Crippen molar-refractivity contribution >= 4 is 11.5 Å². The van der Waals surface area contributed by atoms with Crippen LogP contribution in [-0.4, -0.2) is 11.1 Å². The van der Waals surface area contributed by atoms with Crippen molar-refractivity contribution < 1.29 is 9.90 Å². The summed E-state index contributed by atoms with van der Waals surface area (Å²) in [5, 5.41) is 8.88. The highest BCUT2D eigenvalue weighted by atomic mass is 16.4. The van der Waals surface area contributed by atoms with Gasteiger partial charge in [0, 0.05) is 0 Å². The standard InChI is InChI=1S/C11H12O2/c1-3-8(2)9-6-4-5-7-10(9)11(12)13/h3-7H,1-2H3,(H,12,13). The monoisotopic (exact) mass is 176 g/mol. The van der Waals surface area contributed by atoms with E-state index in [-0.39, 0.29) is 0 Å². The van der Waals surface area contributed by atoms with Crippen LogP contribution in [0, 0.1) is 0 Å². The second-order valence-electron chi connectivity index (χ2n) is 2.82. The van der Waals surface area contributed by atoms with Gasteiger partial charge in [0.25, 0.3) is 0 Å². The second kappa shape index (κ2) is 3.90. The third kappa shape index (κ3) is 1.96. The number of carboxylic acid groups (broad SMARTS) is 1. The molecule has 1 aromatic rings. The van der Waals surface area contributed by atoms with Gasteiger partial charge in [-0.25, -0.2) is 4.79 Å². The average Bonchev–Trinajstić information content (AvgIpc) is 2.16. The van der Waals surface area contributed by atoms with Gasteiger partial charge in [0.1, 0.15) is 0 Å². The molecule has 1 aromatic carbocycles. The topological polar surface area (TPSA) is 37.3 Å². The minimum atomic E-state index is -0.878. The first-order valence-electron chi connectivity index (χ1n) is 4.12. The van der Waals surface area contributed by atoms with Crippen LogP contribution < -0.4 is 0 Å². The lowest BCUT2D eigenvalue weighted by Crippen LogP contribution is -2.00. The highest BCUT2D eigenvalue weighted by Gasteiger charge is 2.08. The summed E-state index contributed by atoms with van der Waals surface area (Å²) < 4.78 is 0. The Morgan fingerprint density at radius 2 is 1.85 bits per heavy atom. The molecule has 2 nitrogen and oxygen atoms in total. The Hall–Kier alpha value is -1.57. The number of aromatic carboxylic acids is 1. The van der Waals surface area contributed by atoms with Crippen molar-refractivity contribution in [3.05, 3.63) is 41.5 Å². The zero-order valence-corrected chi connectivity index (χ0v) is 7.74. The first-order valence-corrected chi connectivity index (χ1v) is 4.12. The molecule has 0 aliphatic heterocycles. The van der Waals surface area contributed by atoms with Crippen molar-refractivity contribution in [2.24, 2.45) is 0 Å². The number of hydrogen-bond acceptors (Lipinski definition) is 1. The van der Waals surface area contributed by atoms with Gasteiger partial charge in [-0.2, -0.15) is 0 Å². The lowest BCUT2D eigenvalue weighted by molar-refractivity contribution is 0.0696. The van der Waals surface area contributed by atoms with Crippen LogP contribution in [0.1, 0.15) is 29.8 Å². The SMILES string of the molecule is CC=C(C)c1ccccc1C(=O)O. The van der Waals surface area contributed by atoms with Crippen molar-refractivity contribution in [3.8, 4) is 0 Å². The Labute approximate surface area is 77.5 Å². The Bertz CT molecular complexity index is 351. The molecule has 0 spiro atoms. The molecule has 0 atom stereocenters. The number of hydrogen-bond donors (Lipinski definition) is 1. The van der Waals surface area contributed by atoms with Crippen LogP contribution in [0.5, 0.6) is 0 Å². The number of benzene rings is 1. The third-order valence-corrected chi connectivity index (χ3v) is 2.02. The molecule has 1 N–H and O–H groups in total. The molecule has 2 heteroatoms. The largest absolute Gasteiger partial charge is 0.478 e.